The van der Waals surface area contributed by atoms with E-state index in [9.17, 15) is 14.4 Å². The van der Waals surface area contributed by atoms with Gasteiger partial charge in [0.05, 0.1) is 6.42 Å². The summed E-state index contributed by atoms with van der Waals surface area (Å²) in [5, 5.41) is 0. The van der Waals surface area contributed by atoms with Gasteiger partial charge in [-0.05, 0) is 6.92 Å². The van der Waals surface area contributed by atoms with Gasteiger partial charge in [0.15, 0.2) is 6.61 Å². The van der Waals surface area contributed by atoms with Crippen molar-refractivity contribution in [2.45, 2.75) is 19.6 Å². The van der Waals surface area contributed by atoms with Crippen molar-refractivity contribution in [3.8, 4) is 0 Å². The van der Waals surface area contributed by atoms with E-state index in [0.717, 1.165) is 0 Å². The summed E-state index contributed by atoms with van der Waals surface area (Å²) in [5.41, 5.74) is 0.532. The van der Waals surface area contributed by atoms with Crippen LogP contribution in [0.4, 0.5) is 0 Å². The first-order valence-electron chi connectivity index (χ1n) is 4.79. The smallest absolute Gasteiger partial charge is 0.347 e. The second-order valence-electron chi connectivity index (χ2n) is 3.50. The van der Waals surface area contributed by atoms with Crippen LogP contribution in [0.25, 0.3) is 0 Å². The minimum Gasteiger partial charge on any atom is -0.450 e. The average Bonchev–Trinajstić information content (AvgIpc) is 2.53. The average molecular weight is 240 g/mol. The Morgan fingerprint density at radius 2 is 2.18 bits per heavy atom. The van der Waals surface area contributed by atoms with Crippen LogP contribution in [0.5, 0.6) is 0 Å². The van der Waals surface area contributed by atoms with Gasteiger partial charge in [-0.3, -0.25) is 4.79 Å². The Morgan fingerprint density at radius 3 is 2.65 bits per heavy atom. The highest BCUT2D eigenvalue weighted by molar-refractivity contribution is 5.88. The Hall–Kier alpha value is -2.11. The third-order valence-corrected chi connectivity index (χ3v) is 1.85. The lowest BCUT2D eigenvalue weighted by Crippen LogP contribution is -2.23. The van der Waals surface area contributed by atoms with Crippen LogP contribution in [0.1, 0.15) is 13.3 Å². The minimum atomic E-state index is -1.08. The molecule has 1 heterocycles. The highest BCUT2D eigenvalue weighted by atomic mass is 16.7. The second kappa shape index (κ2) is 5.29. The minimum absolute atomic E-state index is 0.0174. The molecule has 6 nitrogen and oxygen atoms in total. The molecule has 0 bridgehead atoms. The number of carbonyl (C=O) groups excluding carboxylic acids is 3. The van der Waals surface area contributed by atoms with Crippen LogP contribution in [0, 0.1) is 0 Å². The van der Waals surface area contributed by atoms with Gasteiger partial charge in [0.25, 0.3) is 6.29 Å². The van der Waals surface area contributed by atoms with Crippen LogP contribution in [-0.4, -0.2) is 30.8 Å². The van der Waals surface area contributed by atoms with Crippen LogP contribution in [0.3, 0.4) is 0 Å². The van der Waals surface area contributed by atoms with E-state index in [1.54, 1.807) is 0 Å². The monoisotopic (exact) mass is 240 g/mol. The Labute approximate surface area is 97.8 Å². The van der Waals surface area contributed by atoms with E-state index in [1.165, 1.54) is 6.92 Å². The molecule has 1 atom stereocenters. The summed E-state index contributed by atoms with van der Waals surface area (Å²) in [5.74, 6) is -2.02. The predicted octanol–water partition coefficient (Wildman–Crippen LogP) is 0.478. The van der Waals surface area contributed by atoms with Gasteiger partial charge in [-0.2, -0.15) is 0 Å². The summed E-state index contributed by atoms with van der Waals surface area (Å²) in [6.45, 7) is 7.76. The van der Waals surface area contributed by atoms with Crippen LogP contribution in [0.2, 0.25) is 0 Å². The molecule has 0 aromatic rings. The highest BCUT2D eigenvalue weighted by Gasteiger charge is 2.30. The number of rotatable bonds is 4. The van der Waals surface area contributed by atoms with Gasteiger partial charge in [-0.15, -0.1) is 0 Å². The topological polar surface area (TPSA) is 78.9 Å². The fourth-order valence-corrected chi connectivity index (χ4v) is 1.02. The SMILES string of the molecule is C=C(C)C(=O)OCC(=O)OC1OC(=O)CC1=C. The molecule has 1 fully saturated rings. The van der Waals surface area contributed by atoms with Crippen molar-refractivity contribution in [2.75, 3.05) is 6.61 Å². The van der Waals surface area contributed by atoms with E-state index in [2.05, 4.69) is 22.6 Å². The van der Waals surface area contributed by atoms with E-state index in [4.69, 9.17) is 4.74 Å². The van der Waals surface area contributed by atoms with E-state index in [1.807, 2.05) is 0 Å². The summed E-state index contributed by atoms with van der Waals surface area (Å²) in [6, 6.07) is 0. The summed E-state index contributed by atoms with van der Waals surface area (Å²) < 4.78 is 13.9. The molecule has 1 rings (SSSR count). The van der Waals surface area contributed by atoms with Gasteiger partial charge < -0.3 is 14.2 Å². The lowest BCUT2D eigenvalue weighted by Gasteiger charge is -2.11. The maximum absolute atomic E-state index is 11.2. The van der Waals surface area contributed by atoms with Gasteiger partial charge in [0, 0.05) is 11.1 Å². The Kier molecular flexibility index (Phi) is 4.03. The van der Waals surface area contributed by atoms with Crippen LogP contribution >= 0.6 is 0 Å². The normalized spacial score (nSPS) is 18.5. The maximum Gasteiger partial charge on any atom is 0.347 e. The molecule has 0 N–H and O–H groups in total. The molecule has 17 heavy (non-hydrogen) atoms. The molecule has 0 aromatic carbocycles. The number of ether oxygens (including phenoxy) is 3. The molecule has 0 spiro atoms. The number of cyclic esters (lactones) is 1. The van der Waals surface area contributed by atoms with Crippen molar-refractivity contribution in [2.24, 2.45) is 0 Å². The Bertz CT molecular complexity index is 395. The fourth-order valence-electron chi connectivity index (χ4n) is 1.02. The third kappa shape index (κ3) is 3.75. The molecule has 0 saturated carbocycles. The molecule has 1 unspecified atom stereocenters. The standard InChI is InChI=1S/C11H12O6/c1-6(2)10(14)15-5-9(13)17-11-7(3)4-8(12)16-11/h11H,1,3-5H2,2H3. The summed E-state index contributed by atoms with van der Waals surface area (Å²) in [7, 11) is 0. The zero-order valence-electron chi connectivity index (χ0n) is 9.36. The van der Waals surface area contributed by atoms with Crippen molar-refractivity contribution in [3.05, 3.63) is 24.3 Å². The van der Waals surface area contributed by atoms with Gasteiger partial charge in [-0.25, -0.2) is 9.59 Å². The number of hydrogen-bond acceptors (Lipinski definition) is 6. The van der Waals surface area contributed by atoms with Crippen molar-refractivity contribution < 1.29 is 28.6 Å². The van der Waals surface area contributed by atoms with E-state index in [0.29, 0.717) is 5.57 Å². The molecular formula is C11H12O6. The van der Waals surface area contributed by atoms with E-state index >= 15 is 0 Å². The fraction of sp³-hybridized carbons (Fsp3) is 0.364. The molecule has 1 aliphatic rings. The number of carbonyl (C=O) groups is 3. The van der Waals surface area contributed by atoms with Crippen molar-refractivity contribution in [3.63, 3.8) is 0 Å². The van der Waals surface area contributed by atoms with E-state index in [-0.39, 0.29) is 12.0 Å². The molecule has 92 valence electrons. The van der Waals surface area contributed by atoms with E-state index < -0.39 is 30.8 Å². The van der Waals surface area contributed by atoms with Crippen molar-refractivity contribution in [1.29, 1.82) is 0 Å². The van der Waals surface area contributed by atoms with Gasteiger partial charge in [0.2, 0.25) is 0 Å². The van der Waals surface area contributed by atoms with Gasteiger partial charge >= 0.3 is 17.9 Å². The zero-order valence-corrected chi connectivity index (χ0v) is 9.36. The Morgan fingerprint density at radius 1 is 1.53 bits per heavy atom. The van der Waals surface area contributed by atoms with Crippen molar-refractivity contribution >= 4 is 17.9 Å². The first-order valence-corrected chi connectivity index (χ1v) is 4.79. The van der Waals surface area contributed by atoms with Crippen molar-refractivity contribution in [1.82, 2.24) is 0 Å². The summed E-state index contributed by atoms with van der Waals surface area (Å²) in [4.78, 5) is 33.0. The van der Waals surface area contributed by atoms with Crippen LogP contribution in [-0.2, 0) is 28.6 Å². The quantitative estimate of drug-likeness (QED) is 0.404. The molecule has 1 saturated heterocycles. The Balaban J connectivity index is 2.35. The third-order valence-electron chi connectivity index (χ3n) is 1.85. The molecule has 0 amide bonds. The first kappa shape index (κ1) is 13.0. The predicted molar refractivity (Wildman–Crippen MR) is 55.5 cm³/mol. The molecule has 0 aliphatic carbocycles. The highest BCUT2D eigenvalue weighted by Crippen LogP contribution is 2.20. The number of hydrogen-bond donors (Lipinski definition) is 0. The summed E-state index contributed by atoms with van der Waals surface area (Å²) >= 11 is 0. The molecule has 1 aliphatic heterocycles. The maximum atomic E-state index is 11.2. The summed E-state index contributed by atoms with van der Waals surface area (Å²) in [6.07, 6.45) is -1.07. The lowest BCUT2D eigenvalue weighted by atomic mass is 10.2. The van der Waals surface area contributed by atoms with Gasteiger partial charge in [0.1, 0.15) is 0 Å². The molecule has 0 aromatic heterocycles. The lowest BCUT2D eigenvalue weighted by molar-refractivity contribution is -0.178. The molecule has 6 heteroatoms. The van der Waals surface area contributed by atoms with Crippen LogP contribution < -0.4 is 0 Å². The zero-order chi connectivity index (χ0) is 13.0. The number of esters is 3. The molecule has 0 radical (unpaired) electrons. The largest absolute Gasteiger partial charge is 0.450 e. The van der Waals surface area contributed by atoms with Gasteiger partial charge in [-0.1, -0.05) is 13.2 Å². The molecular weight excluding hydrogens is 228 g/mol. The first-order chi connectivity index (χ1) is 7.90. The van der Waals surface area contributed by atoms with Crippen LogP contribution in [0.15, 0.2) is 24.3 Å². The second-order valence-corrected chi connectivity index (χ2v) is 3.50.